The van der Waals surface area contributed by atoms with Gasteiger partial charge in [-0.1, -0.05) is 6.07 Å². The summed E-state index contributed by atoms with van der Waals surface area (Å²) in [6.07, 6.45) is 1.59. The Hall–Kier alpha value is -2.95. The van der Waals surface area contributed by atoms with Crippen molar-refractivity contribution in [3.63, 3.8) is 0 Å². The number of anilines is 1. The molecule has 3 heterocycles. The molecule has 0 saturated carbocycles. The van der Waals surface area contributed by atoms with E-state index < -0.39 is 18.4 Å². The summed E-state index contributed by atoms with van der Waals surface area (Å²) >= 11 is 0. The molecule has 154 valence electrons. The van der Waals surface area contributed by atoms with E-state index in [2.05, 4.69) is 20.3 Å². The Morgan fingerprint density at radius 1 is 1.21 bits per heavy atom. The van der Waals surface area contributed by atoms with Crippen LogP contribution < -0.4 is 14.8 Å². The summed E-state index contributed by atoms with van der Waals surface area (Å²) in [4.78, 5) is 13.1. The van der Waals surface area contributed by atoms with E-state index >= 15 is 0 Å². The van der Waals surface area contributed by atoms with E-state index in [-0.39, 0.29) is 6.61 Å². The highest BCUT2D eigenvalue weighted by molar-refractivity contribution is 5.82. The summed E-state index contributed by atoms with van der Waals surface area (Å²) in [5.41, 5.74) is 2.01. The Morgan fingerprint density at radius 3 is 2.62 bits per heavy atom. The first-order chi connectivity index (χ1) is 14.2. The molecule has 3 aromatic rings. The van der Waals surface area contributed by atoms with Crippen LogP contribution in [0.3, 0.4) is 0 Å². The molecular formula is C19H23N5O5. The zero-order valence-corrected chi connectivity index (χ0v) is 16.1. The zero-order chi connectivity index (χ0) is 20.4. The number of rotatable bonds is 7. The zero-order valence-electron chi connectivity index (χ0n) is 16.1. The topological polar surface area (TPSA) is 124 Å². The Bertz CT molecular complexity index is 972. The number of nitrogens with one attached hydrogen (secondary N) is 1. The summed E-state index contributed by atoms with van der Waals surface area (Å²) < 4.78 is 18.3. The molecule has 1 aliphatic heterocycles. The third-order valence-electron chi connectivity index (χ3n) is 5.02. The van der Waals surface area contributed by atoms with Gasteiger partial charge in [0.1, 0.15) is 30.2 Å². The third kappa shape index (κ3) is 3.57. The lowest BCUT2D eigenvalue weighted by Gasteiger charge is -2.15. The maximum absolute atomic E-state index is 10.0. The van der Waals surface area contributed by atoms with Crippen LogP contribution in [-0.2, 0) is 11.3 Å². The molecule has 3 N–H and O–H groups in total. The lowest BCUT2D eigenvalue weighted by Crippen LogP contribution is -2.24. The minimum atomic E-state index is -0.736. The van der Waals surface area contributed by atoms with E-state index in [1.165, 1.54) is 6.33 Å². The first-order valence-corrected chi connectivity index (χ1v) is 9.22. The fourth-order valence-electron chi connectivity index (χ4n) is 3.52. The highest BCUT2D eigenvalue weighted by atomic mass is 16.5. The van der Waals surface area contributed by atoms with Crippen molar-refractivity contribution in [2.45, 2.75) is 31.4 Å². The molecule has 0 amide bonds. The Labute approximate surface area is 167 Å². The van der Waals surface area contributed by atoms with Crippen LogP contribution in [0.5, 0.6) is 11.5 Å². The van der Waals surface area contributed by atoms with E-state index in [0.29, 0.717) is 41.4 Å². The number of aliphatic hydroxyl groups excluding tert-OH is 2. The van der Waals surface area contributed by atoms with Gasteiger partial charge < -0.3 is 29.7 Å². The summed E-state index contributed by atoms with van der Waals surface area (Å²) in [6.45, 7) is 0.171. The molecule has 1 unspecified atom stereocenters. The summed E-state index contributed by atoms with van der Waals surface area (Å²) in [6, 6.07) is 5.59. The second-order valence-corrected chi connectivity index (χ2v) is 6.66. The van der Waals surface area contributed by atoms with Gasteiger partial charge in [0.2, 0.25) is 0 Å². The lowest BCUT2D eigenvalue weighted by molar-refractivity contribution is -0.0432. The first-order valence-electron chi connectivity index (χ1n) is 9.22. The van der Waals surface area contributed by atoms with Crippen LogP contribution in [0.4, 0.5) is 5.82 Å². The highest BCUT2D eigenvalue weighted by Gasteiger charge is 2.35. The average molecular weight is 401 g/mol. The van der Waals surface area contributed by atoms with Crippen LogP contribution in [0, 0.1) is 0 Å². The molecule has 2 aromatic heterocycles. The quantitative estimate of drug-likeness (QED) is 0.534. The molecule has 0 bridgehead atoms. The smallest absolute Gasteiger partial charge is 0.167 e. The van der Waals surface area contributed by atoms with Crippen molar-refractivity contribution in [2.75, 3.05) is 26.1 Å². The minimum absolute atomic E-state index is 0.243. The molecule has 10 nitrogen and oxygen atoms in total. The van der Waals surface area contributed by atoms with Crippen molar-refractivity contribution in [3.8, 4) is 11.5 Å². The second kappa shape index (κ2) is 8.19. The van der Waals surface area contributed by atoms with Crippen molar-refractivity contribution in [1.82, 2.24) is 19.5 Å². The van der Waals surface area contributed by atoms with Crippen LogP contribution in [0.25, 0.3) is 11.2 Å². The molecule has 0 spiro atoms. The van der Waals surface area contributed by atoms with Gasteiger partial charge in [-0.05, 0) is 12.1 Å². The van der Waals surface area contributed by atoms with Gasteiger partial charge in [0.05, 0.1) is 38.8 Å². The van der Waals surface area contributed by atoms with Crippen LogP contribution in [0.2, 0.25) is 0 Å². The van der Waals surface area contributed by atoms with Gasteiger partial charge in [-0.2, -0.15) is 0 Å². The van der Waals surface area contributed by atoms with Gasteiger partial charge in [-0.3, -0.25) is 4.57 Å². The molecule has 29 heavy (non-hydrogen) atoms. The van der Waals surface area contributed by atoms with E-state index in [1.807, 2.05) is 18.2 Å². The van der Waals surface area contributed by atoms with E-state index in [9.17, 15) is 10.2 Å². The minimum Gasteiger partial charge on any atom is -0.496 e. The van der Waals surface area contributed by atoms with Crippen molar-refractivity contribution >= 4 is 17.0 Å². The molecule has 1 aliphatic rings. The van der Waals surface area contributed by atoms with E-state index in [4.69, 9.17) is 14.2 Å². The number of methoxy groups -OCH3 is 2. The molecule has 4 rings (SSSR count). The summed E-state index contributed by atoms with van der Waals surface area (Å²) in [5, 5.41) is 22.6. The van der Waals surface area contributed by atoms with Crippen LogP contribution in [-0.4, -0.2) is 62.8 Å². The highest BCUT2D eigenvalue weighted by Crippen LogP contribution is 2.32. The van der Waals surface area contributed by atoms with Gasteiger partial charge in [0, 0.05) is 13.0 Å². The first kappa shape index (κ1) is 19.4. The molecule has 0 radical (unpaired) electrons. The monoisotopic (exact) mass is 401 g/mol. The number of aliphatic hydroxyl groups is 2. The van der Waals surface area contributed by atoms with Gasteiger partial charge in [-0.25, -0.2) is 15.0 Å². The molecule has 0 aliphatic carbocycles. The van der Waals surface area contributed by atoms with E-state index in [0.717, 1.165) is 5.56 Å². The molecule has 1 saturated heterocycles. The van der Waals surface area contributed by atoms with Crippen LogP contribution in [0.15, 0.2) is 30.9 Å². The van der Waals surface area contributed by atoms with Gasteiger partial charge >= 0.3 is 0 Å². The van der Waals surface area contributed by atoms with Crippen molar-refractivity contribution < 1.29 is 24.4 Å². The lowest BCUT2D eigenvalue weighted by atomic mass is 10.1. The van der Waals surface area contributed by atoms with E-state index in [1.54, 1.807) is 25.1 Å². The normalized spacial score (nSPS) is 21.4. The number of nitrogens with zero attached hydrogens (tertiary/aromatic N) is 4. The largest absolute Gasteiger partial charge is 0.496 e. The molecule has 10 heteroatoms. The number of aromatic nitrogens is 4. The Morgan fingerprint density at radius 2 is 1.97 bits per heavy atom. The molecule has 1 fully saturated rings. The number of hydrogen-bond acceptors (Lipinski definition) is 9. The third-order valence-corrected chi connectivity index (χ3v) is 5.02. The summed E-state index contributed by atoms with van der Waals surface area (Å²) in [7, 11) is 3.22. The average Bonchev–Trinajstić information content (AvgIpc) is 3.35. The fourth-order valence-corrected chi connectivity index (χ4v) is 3.52. The summed E-state index contributed by atoms with van der Waals surface area (Å²) in [5.74, 6) is 1.96. The molecule has 3 atom stereocenters. The van der Waals surface area contributed by atoms with Gasteiger partial charge in [-0.15, -0.1) is 0 Å². The predicted molar refractivity (Wildman–Crippen MR) is 104 cm³/mol. The Balaban J connectivity index is 1.60. The van der Waals surface area contributed by atoms with Crippen molar-refractivity contribution in [1.29, 1.82) is 0 Å². The maximum Gasteiger partial charge on any atom is 0.167 e. The fraction of sp³-hybridized carbons (Fsp3) is 0.421. The molecule has 1 aromatic carbocycles. The number of fused-ring (bicyclic) bond motifs is 1. The predicted octanol–water partition coefficient (Wildman–Crippen LogP) is 1.10. The maximum atomic E-state index is 10.0. The number of ether oxygens (including phenoxy) is 3. The van der Waals surface area contributed by atoms with Gasteiger partial charge in [0.15, 0.2) is 17.0 Å². The second-order valence-electron chi connectivity index (χ2n) is 6.66. The van der Waals surface area contributed by atoms with Crippen molar-refractivity contribution in [2.24, 2.45) is 0 Å². The number of benzene rings is 1. The number of hydrogen-bond donors (Lipinski definition) is 3. The Kier molecular flexibility index (Phi) is 5.47. The molecular weight excluding hydrogens is 378 g/mol. The van der Waals surface area contributed by atoms with Crippen LogP contribution >= 0.6 is 0 Å². The van der Waals surface area contributed by atoms with Crippen LogP contribution in [0.1, 0.15) is 18.2 Å². The number of imidazole rings is 1. The van der Waals surface area contributed by atoms with Crippen molar-refractivity contribution in [3.05, 3.63) is 36.4 Å². The van der Waals surface area contributed by atoms with Gasteiger partial charge in [0.25, 0.3) is 0 Å². The standard InChI is InChI=1S/C19H23N5O5/c1-27-13-4-3-5-14(28-2)11(13)7-20-18-17-19(22-9-21-18)24(10-23-17)16-6-12(26)15(8-25)29-16/h3-5,9-10,12,15-16,25-26H,6-8H2,1-2H3,(H,20,21,22)/t12-,15+,16?/m0/s1. The SMILES string of the molecule is COc1cccc(OC)c1CNc1ncnc2c1ncn2C1C[C@H](O)[C@@H](CO)O1.